The molecule has 0 spiro atoms. The lowest BCUT2D eigenvalue weighted by atomic mass is 10.3. The number of hydrogen-bond donors (Lipinski definition) is 0. The molecule has 0 aliphatic heterocycles. The molecule has 0 saturated heterocycles. The fourth-order valence-corrected chi connectivity index (χ4v) is 2.11. The van der Waals surface area contributed by atoms with Crippen LogP contribution < -0.4 is 0 Å². The lowest BCUT2D eigenvalue weighted by Crippen LogP contribution is -1.97. The third kappa shape index (κ3) is 1.84. The van der Waals surface area contributed by atoms with Gasteiger partial charge in [0.2, 0.25) is 0 Å². The van der Waals surface area contributed by atoms with Crippen LogP contribution >= 0.6 is 11.8 Å². The minimum Gasteiger partial charge on any atom is -0.235 e. The maximum absolute atomic E-state index is 4.45. The molecule has 5 nitrogen and oxygen atoms in total. The topological polar surface area (TPSA) is 56.0 Å². The molecule has 0 aliphatic rings. The summed E-state index contributed by atoms with van der Waals surface area (Å²) in [5.74, 6) is 0. The normalized spacial score (nSPS) is 11.0. The van der Waals surface area contributed by atoms with Crippen molar-refractivity contribution >= 4 is 17.4 Å². The Labute approximate surface area is 108 Å². The Morgan fingerprint density at radius 3 is 2.89 bits per heavy atom. The summed E-state index contributed by atoms with van der Waals surface area (Å²) in [5.41, 5.74) is 3.48. The lowest BCUT2D eigenvalue weighted by Gasteiger charge is -2.02. The first-order valence-corrected chi connectivity index (χ1v) is 6.68. The lowest BCUT2D eigenvalue weighted by molar-refractivity contribution is 0.899. The number of imidazole rings is 1. The van der Waals surface area contributed by atoms with Gasteiger partial charge in [0.25, 0.3) is 0 Å². The number of rotatable bonds is 2. The van der Waals surface area contributed by atoms with Gasteiger partial charge in [-0.15, -0.1) is 11.8 Å². The van der Waals surface area contributed by atoms with E-state index in [9.17, 15) is 0 Å². The van der Waals surface area contributed by atoms with Gasteiger partial charge in [-0.1, -0.05) is 0 Å². The molecule has 0 atom stereocenters. The molecule has 90 valence electrons. The summed E-state index contributed by atoms with van der Waals surface area (Å²) in [4.78, 5) is 12.8. The van der Waals surface area contributed by atoms with Gasteiger partial charge in [-0.25, -0.2) is 19.5 Å². The van der Waals surface area contributed by atoms with Gasteiger partial charge in [-0.3, -0.25) is 0 Å². The monoisotopic (exact) mass is 257 g/mol. The van der Waals surface area contributed by atoms with Crippen molar-refractivity contribution in [1.82, 2.24) is 24.6 Å². The van der Waals surface area contributed by atoms with Crippen molar-refractivity contribution in [3.63, 3.8) is 0 Å². The van der Waals surface area contributed by atoms with Gasteiger partial charge in [0.15, 0.2) is 5.65 Å². The van der Waals surface area contributed by atoms with Crippen LogP contribution in [0.25, 0.3) is 17.0 Å². The van der Waals surface area contributed by atoms with E-state index >= 15 is 0 Å². The zero-order valence-corrected chi connectivity index (χ0v) is 10.8. The Morgan fingerprint density at radius 1 is 1.17 bits per heavy atom. The van der Waals surface area contributed by atoms with Crippen LogP contribution in [0.3, 0.4) is 0 Å². The molecule has 6 heteroatoms. The van der Waals surface area contributed by atoms with Gasteiger partial charge in [0, 0.05) is 0 Å². The molecule has 0 fully saturated rings. The Kier molecular flexibility index (Phi) is 2.71. The fraction of sp³-hybridized carbons (Fsp3) is 0.167. The number of nitrogens with zero attached hydrogens (tertiary/aromatic N) is 5. The number of fused-ring (bicyclic) bond motifs is 1. The molecule has 0 saturated carbocycles. The van der Waals surface area contributed by atoms with Crippen LogP contribution in [0.5, 0.6) is 0 Å². The molecule has 18 heavy (non-hydrogen) atoms. The van der Waals surface area contributed by atoms with Crippen molar-refractivity contribution in [2.75, 3.05) is 6.26 Å². The van der Waals surface area contributed by atoms with Gasteiger partial charge in [0.05, 0.1) is 22.6 Å². The van der Waals surface area contributed by atoms with Crippen molar-refractivity contribution in [3.8, 4) is 11.4 Å². The van der Waals surface area contributed by atoms with E-state index in [0.717, 1.165) is 27.8 Å². The van der Waals surface area contributed by atoms with E-state index in [1.165, 1.54) is 0 Å². The Hall–Kier alpha value is -1.95. The van der Waals surface area contributed by atoms with Crippen molar-refractivity contribution < 1.29 is 0 Å². The summed E-state index contributed by atoms with van der Waals surface area (Å²) in [6.07, 6.45) is 5.34. The molecule has 3 aromatic rings. The van der Waals surface area contributed by atoms with Crippen molar-refractivity contribution in [1.29, 1.82) is 0 Å². The van der Waals surface area contributed by atoms with Gasteiger partial charge < -0.3 is 0 Å². The Bertz CT molecular complexity index is 707. The zero-order chi connectivity index (χ0) is 12.5. The highest BCUT2D eigenvalue weighted by atomic mass is 32.2. The van der Waals surface area contributed by atoms with Gasteiger partial charge in [0.1, 0.15) is 12.0 Å². The largest absolute Gasteiger partial charge is 0.235 e. The first-order chi connectivity index (χ1) is 8.78. The second-order valence-electron chi connectivity index (χ2n) is 3.83. The third-order valence-electron chi connectivity index (χ3n) is 2.61. The highest BCUT2D eigenvalue weighted by molar-refractivity contribution is 7.98. The minimum atomic E-state index is 0.819. The Morgan fingerprint density at radius 2 is 2.06 bits per heavy atom. The molecule has 0 bridgehead atoms. The third-order valence-corrected chi connectivity index (χ3v) is 3.25. The summed E-state index contributed by atoms with van der Waals surface area (Å²) >= 11 is 1.59. The summed E-state index contributed by atoms with van der Waals surface area (Å²) in [5, 5.41) is 5.39. The maximum atomic E-state index is 4.45. The predicted octanol–water partition coefficient (Wildman–Crippen LogP) is 2.22. The van der Waals surface area contributed by atoms with E-state index in [2.05, 4.69) is 20.1 Å². The molecular formula is C12H11N5S. The zero-order valence-electron chi connectivity index (χ0n) is 10.0. The number of thioether (sulfide) groups is 1. The van der Waals surface area contributed by atoms with E-state index in [-0.39, 0.29) is 0 Å². The molecule has 3 heterocycles. The summed E-state index contributed by atoms with van der Waals surface area (Å²) in [6, 6.07) is 5.83. The molecule has 0 radical (unpaired) electrons. The van der Waals surface area contributed by atoms with Crippen LogP contribution in [0.4, 0.5) is 0 Å². The van der Waals surface area contributed by atoms with Crippen LogP contribution in [-0.2, 0) is 0 Å². The smallest absolute Gasteiger partial charge is 0.154 e. The minimum absolute atomic E-state index is 0.819. The quantitative estimate of drug-likeness (QED) is 0.520. The van der Waals surface area contributed by atoms with Crippen molar-refractivity contribution in [2.24, 2.45) is 0 Å². The molecule has 0 unspecified atom stereocenters. The first kappa shape index (κ1) is 11.2. The molecule has 3 aromatic heterocycles. The van der Waals surface area contributed by atoms with E-state index in [0.29, 0.717) is 0 Å². The second-order valence-corrected chi connectivity index (χ2v) is 4.66. The average molecular weight is 257 g/mol. The number of aryl methyl sites for hydroxylation is 1. The molecule has 0 N–H and O–H groups in total. The highest BCUT2D eigenvalue weighted by Gasteiger charge is 2.09. The standard InChI is InChI=1S/C12H11N5S/c1-8-3-4-11-13-6-10(17(11)16-8)9-5-12(18-2)15-7-14-9/h3-7H,1-2H3. The molecule has 0 aliphatic carbocycles. The highest BCUT2D eigenvalue weighted by Crippen LogP contribution is 2.21. The average Bonchev–Trinajstić information content (AvgIpc) is 2.81. The summed E-state index contributed by atoms with van der Waals surface area (Å²) in [7, 11) is 0. The van der Waals surface area contributed by atoms with Crippen molar-refractivity contribution in [3.05, 3.63) is 36.4 Å². The van der Waals surface area contributed by atoms with E-state index < -0.39 is 0 Å². The molecular weight excluding hydrogens is 246 g/mol. The van der Waals surface area contributed by atoms with E-state index in [4.69, 9.17) is 0 Å². The van der Waals surface area contributed by atoms with Gasteiger partial charge in [-0.05, 0) is 31.4 Å². The van der Waals surface area contributed by atoms with Crippen LogP contribution in [0.1, 0.15) is 5.69 Å². The van der Waals surface area contributed by atoms with Gasteiger partial charge in [-0.2, -0.15) is 5.10 Å². The number of hydrogen-bond acceptors (Lipinski definition) is 5. The van der Waals surface area contributed by atoms with Gasteiger partial charge >= 0.3 is 0 Å². The van der Waals surface area contributed by atoms with E-state index in [1.54, 1.807) is 24.3 Å². The molecule has 3 rings (SSSR count). The molecule has 0 amide bonds. The van der Waals surface area contributed by atoms with Crippen molar-refractivity contribution in [2.45, 2.75) is 11.9 Å². The molecule has 0 aromatic carbocycles. The fourth-order valence-electron chi connectivity index (χ4n) is 1.73. The summed E-state index contributed by atoms with van der Waals surface area (Å²) in [6.45, 7) is 1.95. The first-order valence-electron chi connectivity index (χ1n) is 5.46. The van der Waals surface area contributed by atoms with Crippen LogP contribution in [-0.4, -0.2) is 30.8 Å². The Balaban J connectivity index is 2.21. The van der Waals surface area contributed by atoms with E-state index in [1.807, 2.05) is 35.9 Å². The number of aromatic nitrogens is 5. The second kappa shape index (κ2) is 4.38. The van der Waals surface area contributed by atoms with Crippen LogP contribution in [0.15, 0.2) is 35.7 Å². The van der Waals surface area contributed by atoms with Crippen LogP contribution in [0, 0.1) is 6.92 Å². The summed E-state index contributed by atoms with van der Waals surface area (Å²) < 4.78 is 1.81. The predicted molar refractivity (Wildman–Crippen MR) is 70.5 cm³/mol. The maximum Gasteiger partial charge on any atom is 0.154 e. The van der Waals surface area contributed by atoms with Crippen LogP contribution in [0.2, 0.25) is 0 Å². The SMILES string of the molecule is CSc1cc(-c2cnc3ccc(C)nn23)ncn1.